The lowest BCUT2D eigenvalue weighted by molar-refractivity contribution is -0.148. The van der Waals surface area contributed by atoms with Crippen molar-refractivity contribution in [1.29, 1.82) is 0 Å². The molecular formula is C12H19NO4. The number of fused-ring (bicyclic) bond motifs is 2. The third kappa shape index (κ3) is 2.16. The molecule has 96 valence electrons. The Balaban J connectivity index is 2.08. The highest BCUT2D eigenvalue weighted by atomic mass is 16.5. The second-order valence-electron chi connectivity index (χ2n) is 5.00. The monoisotopic (exact) mass is 241 g/mol. The normalized spacial score (nSPS) is 36.8. The van der Waals surface area contributed by atoms with Crippen LogP contribution in [0.1, 0.15) is 33.1 Å². The second-order valence-corrected chi connectivity index (χ2v) is 5.00. The van der Waals surface area contributed by atoms with Crippen molar-refractivity contribution in [3.63, 3.8) is 0 Å². The number of carboxylic acid groups (broad SMARTS) is 1. The molecule has 0 aliphatic carbocycles. The number of amides is 1. The summed E-state index contributed by atoms with van der Waals surface area (Å²) in [6, 6.07) is 0.0797. The maximum absolute atomic E-state index is 12.1. The summed E-state index contributed by atoms with van der Waals surface area (Å²) in [4.78, 5) is 23.3. The number of rotatable bonds is 4. The van der Waals surface area contributed by atoms with Crippen molar-refractivity contribution >= 4 is 11.9 Å². The molecule has 2 aliphatic rings. The molecule has 0 saturated carbocycles. The van der Waals surface area contributed by atoms with Gasteiger partial charge in [0.1, 0.15) is 0 Å². The van der Waals surface area contributed by atoms with Crippen LogP contribution in [0, 0.1) is 11.8 Å². The van der Waals surface area contributed by atoms with Crippen LogP contribution < -0.4 is 5.32 Å². The summed E-state index contributed by atoms with van der Waals surface area (Å²) in [5.74, 6) is -2.27. The molecule has 1 amide bonds. The minimum Gasteiger partial charge on any atom is -0.481 e. The predicted molar refractivity (Wildman–Crippen MR) is 60.4 cm³/mol. The largest absolute Gasteiger partial charge is 0.481 e. The highest BCUT2D eigenvalue weighted by Crippen LogP contribution is 2.43. The highest BCUT2D eigenvalue weighted by Gasteiger charge is 2.55. The Kier molecular flexibility index (Phi) is 3.38. The van der Waals surface area contributed by atoms with E-state index in [0.29, 0.717) is 0 Å². The van der Waals surface area contributed by atoms with E-state index < -0.39 is 17.8 Å². The molecule has 0 radical (unpaired) electrons. The highest BCUT2D eigenvalue weighted by molar-refractivity contribution is 5.86. The zero-order chi connectivity index (χ0) is 12.6. The van der Waals surface area contributed by atoms with Crippen LogP contribution in [0.3, 0.4) is 0 Å². The molecule has 0 aromatic heterocycles. The predicted octanol–water partition coefficient (Wildman–Crippen LogP) is 0.779. The zero-order valence-corrected chi connectivity index (χ0v) is 10.2. The average Bonchev–Trinajstić information content (AvgIpc) is 2.87. The van der Waals surface area contributed by atoms with Gasteiger partial charge in [0, 0.05) is 6.04 Å². The van der Waals surface area contributed by atoms with Gasteiger partial charge in [-0.05, 0) is 26.2 Å². The summed E-state index contributed by atoms with van der Waals surface area (Å²) in [5.41, 5.74) is 0. The lowest BCUT2D eigenvalue weighted by Gasteiger charge is -2.25. The molecule has 2 N–H and O–H groups in total. The lowest BCUT2D eigenvalue weighted by atomic mass is 9.78. The van der Waals surface area contributed by atoms with Crippen molar-refractivity contribution in [2.24, 2.45) is 11.8 Å². The first-order valence-electron chi connectivity index (χ1n) is 6.23. The Morgan fingerprint density at radius 3 is 2.47 bits per heavy atom. The fraction of sp³-hybridized carbons (Fsp3) is 0.833. The van der Waals surface area contributed by atoms with Crippen LogP contribution in [-0.4, -0.2) is 35.2 Å². The van der Waals surface area contributed by atoms with Gasteiger partial charge in [-0.25, -0.2) is 0 Å². The Morgan fingerprint density at radius 2 is 1.94 bits per heavy atom. The average molecular weight is 241 g/mol. The molecule has 0 aromatic rings. The number of carboxylic acids is 1. The summed E-state index contributed by atoms with van der Waals surface area (Å²) in [7, 11) is 0. The lowest BCUT2D eigenvalue weighted by Crippen LogP contribution is -2.46. The molecule has 0 spiro atoms. The first kappa shape index (κ1) is 12.4. The number of nitrogens with one attached hydrogen (secondary N) is 1. The third-order valence-electron chi connectivity index (χ3n) is 3.86. The maximum Gasteiger partial charge on any atom is 0.310 e. The van der Waals surface area contributed by atoms with Gasteiger partial charge in [0.25, 0.3) is 0 Å². The van der Waals surface area contributed by atoms with Crippen molar-refractivity contribution in [3.05, 3.63) is 0 Å². The van der Waals surface area contributed by atoms with Crippen molar-refractivity contribution in [3.8, 4) is 0 Å². The molecule has 17 heavy (non-hydrogen) atoms. The van der Waals surface area contributed by atoms with E-state index in [4.69, 9.17) is 4.74 Å². The number of carbonyl (C=O) groups is 2. The molecule has 2 rings (SSSR count). The van der Waals surface area contributed by atoms with Crippen LogP contribution in [0.25, 0.3) is 0 Å². The SMILES string of the molecule is CC[C@H](C)NC(=O)[C@@H]1[C@@H](C(=O)O)[C@H]2CC[C@H]1O2. The van der Waals surface area contributed by atoms with Crippen molar-refractivity contribution in [1.82, 2.24) is 5.32 Å². The molecule has 0 aromatic carbocycles. The number of hydrogen-bond acceptors (Lipinski definition) is 3. The van der Waals surface area contributed by atoms with E-state index in [-0.39, 0.29) is 24.2 Å². The van der Waals surface area contributed by atoms with E-state index in [1.165, 1.54) is 0 Å². The molecule has 2 heterocycles. The fourth-order valence-corrected chi connectivity index (χ4v) is 2.77. The first-order valence-corrected chi connectivity index (χ1v) is 6.23. The van der Waals surface area contributed by atoms with Crippen LogP contribution in [0.4, 0.5) is 0 Å². The van der Waals surface area contributed by atoms with E-state index in [9.17, 15) is 14.7 Å². The van der Waals surface area contributed by atoms with E-state index in [1.807, 2.05) is 13.8 Å². The van der Waals surface area contributed by atoms with Crippen LogP contribution in [0.5, 0.6) is 0 Å². The summed E-state index contributed by atoms with van der Waals surface area (Å²) in [5, 5.41) is 12.0. The Bertz CT molecular complexity index is 330. The minimum absolute atomic E-state index is 0.0797. The van der Waals surface area contributed by atoms with Crippen LogP contribution >= 0.6 is 0 Å². The summed E-state index contributed by atoms with van der Waals surface area (Å²) >= 11 is 0. The number of ether oxygens (including phenoxy) is 1. The molecule has 0 unspecified atom stereocenters. The van der Waals surface area contributed by atoms with Gasteiger partial charge in [0.15, 0.2) is 0 Å². The Hall–Kier alpha value is -1.10. The maximum atomic E-state index is 12.1. The van der Waals surface area contributed by atoms with Gasteiger partial charge in [0.05, 0.1) is 24.0 Å². The number of hydrogen-bond donors (Lipinski definition) is 2. The van der Waals surface area contributed by atoms with E-state index in [0.717, 1.165) is 19.3 Å². The molecule has 5 heteroatoms. The molecule has 2 aliphatic heterocycles. The molecule has 2 saturated heterocycles. The topological polar surface area (TPSA) is 75.6 Å². The first-order chi connectivity index (χ1) is 8.04. The standard InChI is InChI=1S/C12H19NO4/c1-3-6(2)13-11(14)9-7-4-5-8(17-7)10(9)12(15)16/h6-10H,3-5H2,1-2H3,(H,13,14)(H,15,16)/t6-,7+,8+,9-,10-/m0/s1. The van der Waals surface area contributed by atoms with Crippen molar-refractivity contribution in [2.45, 2.75) is 51.4 Å². The fourth-order valence-electron chi connectivity index (χ4n) is 2.77. The van der Waals surface area contributed by atoms with Gasteiger partial charge < -0.3 is 15.2 Å². The third-order valence-corrected chi connectivity index (χ3v) is 3.86. The van der Waals surface area contributed by atoms with E-state index >= 15 is 0 Å². The van der Waals surface area contributed by atoms with Gasteiger partial charge in [0.2, 0.25) is 5.91 Å². The van der Waals surface area contributed by atoms with Crippen LogP contribution in [0.2, 0.25) is 0 Å². The summed E-state index contributed by atoms with van der Waals surface area (Å²) < 4.78 is 5.55. The molecule has 5 nitrogen and oxygen atoms in total. The quantitative estimate of drug-likeness (QED) is 0.762. The van der Waals surface area contributed by atoms with E-state index in [2.05, 4.69) is 5.32 Å². The van der Waals surface area contributed by atoms with Crippen molar-refractivity contribution in [2.75, 3.05) is 0 Å². The van der Waals surface area contributed by atoms with Crippen LogP contribution in [0.15, 0.2) is 0 Å². The van der Waals surface area contributed by atoms with Gasteiger partial charge in [-0.15, -0.1) is 0 Å². The van der Waals surface area contributed by atoms with Gasteiger partial charge in [-0.1, -0.05) is 6.92 Å². The molecular weight excluding hydrogens is 222 g/mol. The van der Waals surface area contributed by atoms with Gasteiger partial charge >= 0.3 is 5.97 Å². The van der Waals surface area contributed by atoms with Gasteiger partial charge in [-0.2, -0.15) is 0 Å². The van der Waals surface area contributed by atoms with Crippen LogP contribution in [-0.2, 0) is 14.3 Å². The summed E-state index contributed by atoms with van der Waals surface area (Å²) in [6.07, 6.45) is 1.92. The second kappa shape index (κ2) is 4.64. The Labute approximate surface area is 101 Å². The Morgan fingerprint density at radius 1 is 1.35 bits per heavy atom. The minimum atomic E-state index is -0.915. The molecule has 2 fully saturated rings. The molecule has 5 atom stereocenters. The molecule has 2 bridgehead atoms. The smallest absolute Gasteiger partial charge is 0.310 e. The zero-order valence-electron chi connectivity index (χ0n) is 10.2. The number of aliphatic carboxylic acids is 1. The van der Waals surface area contributed by atoms with E-state index in [1.54, 1.807) is 0 Å². The van der Waals surface area contributed by atoms with Gasteiger partial charge in [-0.3, -0.25) is 9.59 Å². The summed E-state index contributed by atoms with van der Waals surface area (Å²) in [6.45, 7) is 3.90. The number of carbonyl (C=O) groups excluding carboxylic acids is 1. The van der Waals surface area contributed by atoms with Crippen molar-refractivity contribution < 1.29 is 19.4 Å².